The van der Waals surface area contributed by atoms with E-state index in [9.17, 15) is 26.7 Å². The van der Waals surface area contributed by atoms with Gasteiger partial charge >= 0.3 is 0 Å². The number of imidazole rings is 1. The molecule has 2 heterocycles. The highest BCUT2D eigenvalue weighted by Gasteiger charge is 2.35. The second-order valence-electron chi connectivity index (χ2n) is 10.3. The van der Waals surface area contributed by atoms with Gasteiger partial charge in [0.05, 0.1) is 43.1 Å². The van der Waals surface area contributed by atoms with E-state index in [1.54, 1.807) is 26.1 Å². The lowest BCUT2D eigenvalue weighted by Crippen LogP contribution is -2.50. The van der Waals surface area contributed by atoms with Crippen molar-refractivity contribution in [3.63, 3.8) is 0 Å². The van der Waals surface area contributed by atoms with Crippen molar-refractivity contribution in [2.75, 3.05) is 38.6 Å². The third kappa shape index (κ3) is 6.53. The smallest absolute Gasteiger partial charge is 0.280 e. The van der Waals surface area contributed by atoms with Crippen LogP contribution in [0.15, 0.2) is 64.9 Å². The van der Waals surface area contributed by atoms with Gasteiger partial charge in [-0.1, -0.05) is 6.92 Å². The molecule has 0 fully saturated rings. The molecule has 2 aromatic carbocycles. The molecule has 3 atom stereocenters. The summed E-state index contributed by atoms with van der Waals surface area (Å²) in [5.41, 5.74) is 0.173. The number of hydrogen-bond donors (Lipinski definition) is 2. The van der Waals surface area contributed by atoms with Gasteiger partial charge in [0.15, 0.2) is 5.03 Å². The first kappa shape index (κ1) is 31.3. The summed E-state index contributed by atoms with van der Waals surface area (Å²) in [4.78, 5) is 19.1. The number of fused-ring (bicyclic) bond motifs is 1. The predicted molar refractivity (Wildman–Crippen MR) is 154 cm³/mol. The SMILES string of the molecule is COc1ccc(S(=O)(=O)N(C)C[C@@H]2Oc3ccc(NS(=O)(=O)c4cn(C)cn4)cc3C(=O)N([C@H](C)CO)C[C@@H]2C)cc1. The fourth-order valence-corrected chi connectivity index (χ4v) is 6.73. The van der Waals surface area contributed by atoms with Crippen LogP contribution in [0.5, 0.6) is 11.5 Å². The molecule has 0 bridgehead atoms. The second-order valence-corrected chi connectivity index (χ2v) is 14.0. The van der Waals surface area contributed by atoms with E-state index in [1.807, 2.05) is 6.92 Å². The summed E-state index contributed by atoms with van der Waals surface area (Å²) in [7, 11) is -3.35. The maximum atomic E-state index is 13.7. The van der Waals surface area contributed by atoms with Gasteiger partial charge in [-0.3, -0.25) is 9.52 Å². The van der Waals surface area contributed by atoms with Gasteiger partial charge in [-0.15, -0.1) is 0 Å². The normalized spacial score (nSPS) is 18.5. The second kappa shape index (κ2) is 12.3. The van der Waals surface area contributed by atoms with Crippen LogP contribution in [0.25, 0.3) is 0 Å². The molecule has 42 heavy (non-hydrogen) atoms. The topological polar surface area (TPSA) is 160 Å². The van der Waals surface area contributed by atoms with Gasteiger partial charge in [-0.2, -0.15) is 12.7 Å². The lowest BCUT2D eigenvalue weighted by Gasteiger charge is -2.38. The molecule has 13 nitrogen and oxygen atoms in total. The number of anilines is 1. The Morgan fingerprint density at radius 3 is 2.48 bits per heavy atom. The fourth-order valence-electron chi connectivity index (χ4n) is 4.52. The number of nitrogens with zero attached hydrogens (tertiary/aromatic N) is 4. The molecule has 0 saturated heterocycles. The van der Waals surface area contributed by atoms with E-state index in [4.69, 9.17) is 9.47 Å². The molecule has 1 aromatic heterocycles. The molecule has 15 heteroatoms. The number of rotatable bonds is 10. The first-order valence-corrected chi connectivity index (χ1v) is 16.0. The van der Waals surface area contributed by atoms with Gasteiger partial charge in [-0.05, 0) is 49.4 Å². The molecule has 1 aliphatic rings. The van der Waals surface area contributed by atoms with E-state index in [2.05, 4.69) is 9.71 Å². The summed E-state index contributed by atoms with van der Waals surface area (Å²) < 4.78 is 68.9. The molecule has 4 rings (SSSR count). The number of aromatic nitrogens is 2. The summed E-state index contributed by atoms with van der Waals surface area (Å²) in [6.45, 7) is 3.33. The first-order valence-electron chi connectivity index (χ1n) is 13.1. The monoisotopic (exact) mass is 621 g/mol. The summed E-state index contributed by atoms with van der Waals surface area (Å²) in [5, 5.41) is 9.71. The van der Waals surface area contributed by atoms with Crippen LogP contribution in [-0.2, 0) is 27.1 Å². The lowest BCUT2D eigenvalue weighted by molar-refractivity contribution is 0.0387. The van der Waals surface area contributed by atoms with Crippen LogP contribution in [-0.4, -0.2) is 92.6 Å². The zero-order valence-electron chi connectivity index (χ0n) is 24.0. The van der Waals surface area contributed by atoms with Crippen LogP contribution >= 0.6 is 0 Å². The number of sulfonamides is 2. The Balaban J connectivity index is 1.67. The minimum absolute atomic E-state index is 0.0431. The number of likely N-dealkylation sites (N-methyl/N-ethyl adjacent to an activating group) is 1. The number of nitrogens with one attached hydrogen (secondary N) is 1. The minimum Gasteiger partial charge on any atom is -0.497 e. The zero-order valence-corrected chi connectivity index (χ0v) is 25.6. The quantitative estimate of drug-likeness (QED) is 0.344. The van der Waals surface area contributed by atoms with Crippen molar-refractivity contribution in [3.8, 4) is 11.5 Å². The number of carbonyl (C=O) groups is 1. The fraction of sp³-hybridized carbons (Fsp3) is 0.407. The van der Waals surface area contributed by atoms with Gasteiger partial charge in [0.2, 0.25) is 10.0 Å². The van der Waals surface area contributed by atoms with E-state index < -0.39 is 38.1 Å². The highest BCUT2D eigenvalue weighted by atomic mass is 32.2. The van der Waals surface area contributed by atoms with E-state index in [0.29, 0.717) is 5.75 Å². The summed E-state index contributed by atoms with van der Waals surface area (Å²) >= 11 is 0. The van der Waals surface area contributed by atoms with Crippen molar-refractivity contribution in [2.24, 2.45) is 13.0 Å². The first-order chi connectivity index (χ1) is 19.8. The largest absolute Gasteiger partial charge is 0.497 e. The molecular formula is C27H35N5O8S2. The maximum Gasteiger partial charge on any atom is 0.280 e. The summed E-state index contributed by atoms with van der Waals surface area (Å²) in [6, 6.07) is 9.75. The van der Waals surface area contributed by atoms with Crippen molar-refractivity contribution in [1.82, 2.24) is 18.8 Å². The Labute approximate surface area is 245 Å². The molecule has 0 radical (unpaired) electrons. The van der Waals surface area contributed by atoms with Crippen LogP contribution in [0.3, 0.4) is 0 Å². The predicted octanol–water partition coefficient (Wildman–Crippen LogP) is 1.77. The highest BCUT2D eigenvalue weighted by molar-refractivity contribution is 7.92. The molecule has 0 spiro atoms. The highest BCUT2D eigenvalue weighted by Crippen LogP contribution is 2.32. The number of aliphatic hydroxyl groups is 1. The Morgan fingerprint density at radius 1 is 1.19 bits per heavy atom. The standard InChI is InChI=1S/C27H35N5O8S2/c1-18-13-32(19(2)16-33)27(34)23-12-20(29-41(35,36)26-15-30(3)17-28-26)6-11-24(23)40-25(18)14-31(4)42(37,38)22-9-7-21(39-5)8-10-22/h6-12,15,17-19,25,29,33H,13-14,16H2,1-5H3/t18-,19+,25-/m0/s1. The summed E-state index contributed by atoms with van der Waals surface area (Å²) in [6.07, 6.45) is 2.00. The number of aryl methyl sites for hydroxylation is 1. The maximum absolute atomic E-state index is 13.7. The van der Waals surface area contributed by atoms with Gasteiger partial charge in [0, 0.05) is 38.4 Å². The molecule has 2 N–H and O–H groups in total. The number of benzene rings is 2. The van der Waals surface area contributed by atoms with Crippen molar-refractivity contribution in [3.05, 3.63) is 60.6 Å². The number of ether oxygens (including phenoxy) is 2. The third-order valence-electron chi connectivity index (χ3n) is 7.08. The number of aliphatic hydroxyl groups excluding tert-OH is 1. The van der Waals surface area contributed by atoms with Crippen LogP contribution in [0.1, 0.15) is 24.2 Å². The molecule has 0 unspecified atom stereocenters. The molecular weight excluding hydrogens is 586 g/mol. The van der Waals surface area contributed by atoms with Crippen molar-refractivity contribution in [1.29, 1.82) is 0 Å². The third-order valence-corrected chi connectivity index (χ3v) is 10.2. The zero-order chi connectivity index (χ0) is 30.8. The number of carbonyl (C=O) groups excluding carboxylic acids is 1. The Morgan fingerprint density at radius 2 is 1.88 bits per heavy atom. The van der Waals surface area contributed by atoms with Gasteiger partial charge < -0.3 is 24.0 Å². The van der Waals surface area contributed by atoms with Gasteiger partial charge in [0.1, 0.15) is 17.6 Å². The van der Waals surface area contributed by atoms with E-state index >= 15 is 0 Å². The van der Waals surface area contributed by atoms with Crippen molar-refractivity contribution in [2.45, 2.75) is 35.9 Å². The van der Waals surface area contributed by atoms with Crippen LogP contribution in [0.4, 0.5) is 5.69 Å². The molecule has 0 aliphatic carbocycles. The average molecular weight is 622 g/mol. The average Bonchev–Trinajstić information content (AvgIpc) is 3.41. The molecule has 228 valence electrons. The molecule has 3 aromatic rings. The number of methoxy groups -OCH3 is 1. The number of amides is 1. The Kier molecular flexibility index (Phi) is 9.15. The molecule has 1 aliphatic heterocycles. The van der Waals surface area contributed by atoms with E-state index in [0.717, 1.165) is 0 Å². The van der Waals surface area contributed by atoms with Crippen LogP contribution in [0.2, 0.25) is 0 Å². The van der Waals surface area contributed by atoms with Gasteiger partial charge in [0.25, 0.3) is 15.9 Å². The Hall–Kier alpha value is -3.66. The van der Waals surface area contributed by atoms with Crippen LogP contribution in [0, 0.1) is 5.92 Å². The molecule has 0 saturated carbocycles. The van der Waals surface area contributed by atoms with Gasteiger partial charge in [-0.25, -0.2) is 13.4 Å². The van der Waals surface area contributed by atoms with Crippen molar-refractivity contribution < 1.29 is 36.2 Å². The molecule has 1 amide bonds. The van der Waals surface area contributed by atoms with Crippen molar-refractivity contribution >= 4 is 31.6 Å². The van der Waals surface area contributed by atoms with Crippen LogP contribution < -0.4 is 14.2 Å². The summed E-state index contributed by atoms with van der Waals surface area (Å²) in [5.74, 6) is -0.126. The Bertz CT molecular complexity index is 1640. The number of hydrogen-bond acceptors (Lipinski definition) is 9. The minimum atomic E-state index is -4.04. The van der Waals surface area contributed by atoms with E-state index in [-0.39, 0.29) is 52.5 Å². The lowest BCUT2D eigenvalue weighted by atomic mass is 9.99. The van der Waals surface area contributed by atoms with E-state index in [1.165, 1.54) is 70.8 Å².